The van der Waals surface area contributed by atoms with E-state index in [1.54, 1.807) is 0 Å². The largest absolute Gasteiger partial charge is 0.357 e. The highest BCUT2D eigenvalue weighted by molar-refractivity contribution is 7.99. The van der Waals surface area contributed by atoms with Crippen LogP contribution in [0.2, 0.25) is 0 Å². The van der Waals surface area contributed by atoms with Gasteiger partial charge in [0.2, 0.25) is 0 Å². The van der Waals surface area contributed by atoms with Gasteiger partial charge in [-0.2, -0.15) is 11.8 Å². The number of hydrogen-bond acceptors (Lipinski definition) is 3. The van der Waals surface area contributed by atoms with E-state index in [0.29, 0.717) is 24.7 Å². The summed E-state index contributed by atoms with van der Waals surface area (Å²) < 4.78 is 0. The Morgan fingerprint density at radius 1 is 1.27 bits per heavy atom. The summed E-state index contributed by atoms with van der Waals surface area (Å²) >= 11 is 1.96. The quantitative estimate of drug-likeness (QED) is 0.482. The van der Waals surface area contributed by atoms with Crippen LogP contribution in [-0.2, 0) is 6.54 Å². The maximum absolute atomic E-state index is 12.1. The van der Waals surface area contributed by atoms with Crippen LogP contribution in [0.15, 0.2) is 29.3 Å². The smallest absolute Gasteiger partial charge is 0.251 e. The first-order chi connectivity index (χ1) is 12.7. The molecule has 144 valence electrons. The average Bonchev–Trinajstić information content (AvgIpc) is 3.12. The molecule has 2 rings (SSSR count). The van der Waals surface area contributed by atoms with Gasteiger partial charge in [0, 0.05) is 29.9 Å². The Bertz CT molecular complexity index is 605. The van der Waals surface area contributed by atoms with Gasteiger partial charge in [0.1, 0.15) is 0 Å². The number of nitrogens with zero attached hydrogens (tertiary/aromatic N) is 1. The Balaban J connectivity index is 1.97. The molecule has 5 nitrogen and oxygen atoms in total. The maximum Gasteiger partial charge on any atom is 0.251 e. The van der Waals surface area contributed by atoms with Crippen molar-refractivity contribution in [1.82, 2.24) is 16.0 Å². The van der Waals surface area contributed by atoms with Gasteiger partial charge in [-0.25, -0.2) is 4.99 Å². The zero-order valence-corrected chi connectivity index (χ0v) is 17.0. The van der Waals surface area contributed by atoms with Crippen molar-refractivity contribution in [2.45, 2.75) is 57.4 Å². The normalized spacial score (nSPS) is 20.0. The third-order valence-electron chi connectivity index (χ3n) is 4.55. The molecule has 0 aromatic heterocycles. The number of carbonyl (C=O) groups excluding carboxylic acids is 1. The van der Waals surface area contributed by atoms with Crippen LogP contribution in [0.4, 0.5) is 0 Å². The predicted molar refractivity (Wildman–Crippen MR) is 112 cm³/mol. The van der Waals surface area contributed by atoms with Gasteiger partial charge in [-0.3, -0.25) is 4.79 Å². The number of guanidine groups is 1. The molecule has 0 bridgehead atoms. The van der Waals surface area contributed by atoms with Crippen LogP contribution in [0.25, 0.3) is 0 Å². The molecular weight excluding hydrogens is 344 g/mol. The molecule has 1 aliphatic carbocycles. The van der Waals surface area contributed by atoms with E-state index in [9.17, 15) is 4.79 Å². The van der Waals surface area contributed by atoms with Crippen molar-refractivity contribution in [3.8, 4) is 0 Å². The second kappa shape index (κ2) is 11.1. The highest BCUT2D eigenvalue weighted by atomic mass is 32.2. The van der Waals surface area contributed by atoms with Crippen LogP contribution in [-0.4, -0.2) is 42.5 Å². The maximum atomic E-state index is 12.1. The average molecular weight is 377 g/mol. The van der Waals surface area contributed by atoms with E-state index in [-0.39, 0.29) is 5.91 Å². The van der Waals surface area contributed by atoms with E-state index in [1.165, 1.54) is 19.3 Å². The molecule has 0 heterocycles. The van der Waals surface area contributed by atoms with Crippen LogP contribution in [0.5, 0.6) is 0 Å². The van der Waals surface area contributed by atoms with Crippen LogP contribution in [0.3, 0.4) is 0 Å². The number of thioether (sulfide) groups is 1. The van der Waals surface area contributed by atoms with Gasteiger partial charge in [0.05, 0.1) is 6.54 Å². The molecular formula is C20H32N4OS. The Labute approximate surface area is 161 Å². The van der Waals surface area contributed by atoms with Gasteiger partial charge in [0.15, 0.2) is 5.96 Å². The molecule has 1 aliphatic rings. The predicted octanol–water partition coefficient (Wildman–Crippen LogP) is 3.17. The van der Waals surface area contributed by atoms with Crippen molar-refractivity contribution in [2.75, 3.05) is 19.3 Å². The summed E-state index contributed by atoms with van der Waals surface area (Å²) in [7, 11) is 0. The molecule has 0 radical (unpaired) electrons. The fourth-order valence-electron chi connectivity index (χ4n) is 3.12. The fraction of sp³-hybridized carbons (Fsp3) is 0.600. The molecule has 0 saturated heterocycles. The van der Waals surface area contributed by atoms with Gasteiger partial charge in [-0.1, -0.05) is 19.1 Å². The number of hydrogen-bond donors (Lipinski definition) is 3. The lowest BCUT2D eigenvalue weighted by molar-refractivity contribution is 0.0953. The van der Waals surface area contributed by atoms with E-state index in [2.05, 4.69) is 29.1 Å². The molecule has 1 aromatic carbocycles. The Kier molecular flexibility index (Phi) is 8.81. The second-order valence-corrected chi connectivity index (χ2v) is 7.80. The third kappa shape index (κ3) is 6.56. The Hall–Kier alpha value is -1.69. The standard InChI is InChI=1S/C20H32N4OS/c1-4-11-22-19(25)16-8-6-7-15(12-16)14-23-20(21-5-2)24-17-9-10-18(13-17)26-3/h6-8,12,17-18H,4-5,9-11,13-14H2,1-3H3,(H,22,25)(H2,21,23,24). The van der Waals surface area contributed by atoms with Crippen molar-refractivity contribution < 1.29 is 4.79 Å². The monoisotopic (exact) mass is 376 g/mol. The highest BCUT2D eigenvalue weighted by Gasteiger charge is 2.24. The number of carbonyl (C=O) groups is 1. The van der Waals surface area contributed by atoms with E-state index >= 15 is 0 Å². The highest BCUT2D eigenvalue weighted by Crippen LogP contribution is 2.28. The molecule has 1 fully saturated rings. The third-order valence-corrected chi connectivity index (χ3v) is 5.64. The van der Waals surface area contributed by atoms with Crippen molar-refractivity contribution in [1.29, 1.82) is 0 Å². The number of nitrogens with one attached hydrogen (secondary N) is 3. The molecule has 6 heteroatoms. The zero-order valence-electron chi connectivity index (χ0n) is 16.2. The van der Waals surface area contributed by atoms with Crippen molar-refractivity contribution in [3.05, 3.63) is 35.4 Å². The second-order valence-electron chi connectivity index (χ2n) is 6.66. The number of rotatable bonds is 8. The summed E-state index contributed by atoms with van der Waals surface area (Å²) in [5, 5.41) is 10.6. The summed E-state index contributed by atoms with van der Waals surface area (Å²) in [5.74, 6) is 0.844. The summed E-state index contributed by atoms with van der Waals surface area (Å²) in [4.78, 5) is 16.8. The zero-order chi connectivity index (χ0) is 18.8. The summed E-state index contributed by atoms with van der Waals surface area (Å²) in [6.45, 7) is 6.22. The van der Waals surface area contributed by atoms with E-state index in [4.69, 9.17) is 4.99 Å². The molecule has 2 atom stereocenters. The lowest BCUT2D eigenvalue weighted by Crippen LogP contribution is -2.42. The number of amides is 1. The van der Waals surface area contributed by atoms with Gasteiger partial charge in [0.25, 0.3) is 5.91 Å². The van der Waals surface area contributed by atoms with Crippen molar-refractivity contribution in [2.24, 2.45) is 4.99 Å². The van der Waals surface area contributed by atoms with Gasteiger partial charge in [-0.05, 0) is 56.6 Å². The SMILES string of the molecule is CCCNC(=O)c1cccc(CN=C(NCC)NC2CCC(SC)C2)c1. The van der Waals surface area contributed by atoms with E-state index < -0.39 is 0 Å². The first kappa shape index (κ1) is 20.6. The van der Waals surface area contributed by atoms with Crippen LogP contribution in [0.1, 0.15) is 55.5 Å². The topological polar surface area (TPSA) is 65.5 Å². The van der Waals surface area contributed by atoms with Crippen molar-refractivity contribution in [3.63, 3.8) is 0 Å². The van der Waals surface area contributed by atoms with Crippen LogP contribution < -0.4 is 16.0 Å². The molecule has 0 aliphatic heterocycles. The Morgan fingerprint density at radius 2 is 2.12 bits per heavy atom. The molecule has 1 saturated carbocycles. The summed E-state index contributed by atoms with van der Waals surface area (Å²) in [5.41, 5.74) is 1.74. The van der Waals surface area contributed by atoms with Gasteiger partial charge in [-0.15, -0.1) is 0 Å². The van der Waals surface area contributed by atoms with E-state index in [0.717, 1.165) is 29.7 Å². The minimum Gasteiger partial charge on any atom is -0.357 e. The lowest BCUT2D eigenvalue weighted by atomic mass is 10.1. The van der Waals surface area contributed by atoms with Crippen molar-refractivity contribution >= 4 is 23.6 Å². The minimum atomic E-state index is -0.0169. The molecule has 3 N–H and O–H groups in total. The van der Waals surface area contributed by atoms with Gasteiger partial charge >= 0.3 is 0 Å². The molecule has 1 aromatic rings. The lowest BCUT2D eigenvalue weighted by Gasteiger charge is -2.17. The first-order valence-corrected chi connectivity index (χ1v) is 10.9. The minimum absolute atomic E-state index is 0.0169. The molecule has 0 spiro atoms. The number of aliphatic imine (C=N–C) groups is 1. The summed E-state index contributed by atoms with van der Waals surface area (Å²) in [6, 6.07) is 8.21. The van der Waals surface area contributed by atoms with Gasteiger partial charge < -0.3 is 16.0 Å². The summed E-state index contributed by atoms with van der Waals surface area (Å²) in [6.07, 6.45) is 6.79. The fourth-order valence-corrected chi connectivity index (χ4v) is 3.92. The molecule has 26 heavy (non-hydrogen) atoms. The van der Waals surface area contributed by atoms with E-state index in [1.807, 2.05) is 43.0 Å². The van der Waals surface area contributed by atoms with Crippen LogP contribution in [0, 0.1) is 0 Å². The van der Waals surface area contributed by atoms with Crippen LogP contribution >= 0.6 is 11.8 Å². The Morgan fingerprint density at radius 3 is 2.81 bits per heavy atom. The first-order valence-electron chi connectivity index (χ1n) is 9.61. The number of benzene rings is 1. The molecule has 2 unspecified atom stereocenters. The molecule has 1 amide bonds.